The van der Waals surface area contributed by atoms with Crippen molar-refractivity contribution in [3.8, 4) is 0 Å². The van der Waals surface area contributed by atoms with Gasteiger partial charge in [-0.2, -0.15) is 0 Å². The average Bonchev–Trinajstić information content (AvgIpc) is 1.88. The van der Waals surface area contributed by atoms with Crippen LogP contribution in [0.25, 0.3) is 31.3 Å². The van der Waals surface area contributed by atoms with Gasteiger partial charge in [0.2, 0.25) is 0 Å². The number of halogens is 1. The van der Waals surface area contributed by atoms with Gasteiger partial charge < -0.3 is 0 Å². The molecular formula is ClN9Pt. The fourth-order valence-corrected chi connectivity index (χ4v) is 1.72. The normalized spacial score (nSPS) is 15.7. The average molecular weight is 357 g/mol. The van der Waals surface area contributed by atoms with Gasteiger partial charge in [0.05, 0.1) is 0 Å². The van der Waals surface area contributed by atoms with Crippen LogP contribution in [0, 0.1) is 0 Å². The topological polar surface area (TPSA) is 146 Å². The van der Waals surface area contributed by atoms with Crippen molar-refractivity contribution in [1.82, 2.24) is 0 Å². The van der Waals surface area contributed by atoms with Crippen molar-refractivity contribution in [2.75, 3.05) is 0 Å². The third-order valence-corrected chi connectivity index (χ3v) is 3.84. The molecule has 0 spiro atoms. The van der Waals surface area contributed by atoms with Crippen molar-refractivity contribution in [3.63, 3.8) is 0 Å². The molecule has 0 rings (SSSR count). The first-order valence-corrected chi connectivity index (χ1v) is 7.61. The molecule has 0 aromatic heterocycles. The fraction of sp³-hybridized carbons (Fsp3) is 0. The van der Waals surface area contributed by atoms with Crippen LogP contribution in [0.5, 0.6) is 0 Å². The van der Waals surface area contributed by atoms with Gasteiger partial charge in [0.1, 0.15) is 0 Å². The van der Waals surface area contributed by atoms with Crippen LogP contribution in [0.15, 0.2) is 11.0 Å². The molecular weight excluding hydrogens is 357 g/mol. The minimum atomic E-state index is -4.07. The molecule has 0 aromatic rings. The zero-order chi connectivity index (χ0) is 8.74. The predicted molar refractivity (Wildman–Crippen MR) is 33.3 cm³/mol. The summed E-state index contributed by atoms with van der Waals surface area (Å²) in [6.45, 7) is 0. The van der Waals surface area contributed by atoms with Crippen LogP contribution in [0.1, 0.15) is 0 Å². The first kappa shape index (κ1) is 9.91. The Morgan fingerprint density at radius 2 is 1.18 bits per heavy atom. The molecule has 0 aliphatic heterocycles. The van der Waals surface area contributed by atoms with Gasteiger partial charge >= 0.3 is 67.5 Å². The van der Waals surface area contributed by atoms with Crippen LogP contribution in [0.3, 0.4) is 0 Å². The standard InChI is InChI=1S/ClH.3N3.Pt/c;3*1-3-2;/h1H;;;;/q;3*-1;+4/p-1. The third-order valence-electron chi connectivity index (χ3n) is 0.326. The molecule has 9 nitrogen and oxygen atoms in total. The van der Waals surface area contributed by atoms with E-state index >= 15 is 0 Å². The van der Waals surface area contributed by atoms with E-state index in [1.807, 2.05) is 0 Å². The Kier molecular flexibility index (Phi) is 4.22. The van der Waals surface area contributed by atoms with Crippen molar-refractivity contribution < 1.29 is 15.8 Å². The summed E-state index contributed by atoms with van der Waals surface area (Å²) in [4.78, 5) is 6.87. The molecule has 0 amide bonds. The molecule has 0 saturated carbocycles. The van der Waals surface area contributed by atoms with Gasteiger partial charge in [-0.15, -0.1) is 0 Å². The summed E-state index contributed by atoms with van der Waals surface area (Å²) in [6.07, 6.45) is 0. The van der Waals surface area contributed by atoms with Crippen molar-refractivity contribution in [2.24, 2.45) is 11.0 Å². The van der Waals surface area contributed by atoms with E-state index in [0.29, 0.717) is 0 Å². The van der Waals surface area contributed by atoms with E-state index in [4.69, 9.17) is 26.0 Å². The molecule has 0 aromatic carbocycles. The van der Waals surface area contributed by atoms with Gasteiger partial charge in [0, 0.05) is 0 Å². The fourth-order valence-electron chi connectivity index (χ4n) is 0.146. The van der Waals surface area contributed by atoms with Crippen LogP contribution in [-0.2, 0) is 15.8 Å². The van der Waals surface area contributed by atoms with Gasteiger partial charge in [0.15, 0.2) is 0 Å². The van der Waals surface area contributed by atoms with Crippen molar-refractivity contribution in [2.45, 2.75) is 0 Å². The van der Waals surface area contributed by atoms with Crippen molar-refractivity contribution in [1.29, 1.82) is 0 Å². The Bertz CT molecular complexity index is 226. The summed E-state index contributed by atoms with van der Waals surface area (Å²) >= 11 is -4.07. The van der Waals surface area contributed by atoms with Crippen LogP contribution < -0.4 is 0 Å². The Hall–Kier alpha value is -1.09. The van der Waals surface area contributed by atoms with Crippen molar-refractivity contribution in [3.05, 3.63) is 31.3 Å². The van der Waals surface area contributed by atoms with E-state index in [0.717, 1.165) is 0 Å². The molecule has 11 heteroatoms. The molecule has 0 fully saturated rings. The van der Waals surface area contributed by atoms with Gasteiger partial charge in [-0.1, -0.05) is 0 Å². The predicted octanol–water partition coefficient (Wildman–Crippen LogP) is 2.97. The Balaban J connectivity index is 4.94. The van der Waals surface area contributed by atoms with E-state index in [2.05, 4.69) is 25.8 Å². The molecule has 62 valence electrons. The number of hydrogen-bond donors (Lipinski definition) is 0. The molecule has 0 bridgehead atoms. The van der Waals surface area contributed by atoms with Gasteiger partial charge in [-0.3, -0.25) is 0 Å². The second kappa shape index (κ2) is 4.68. The Morgan fingerprint density at radius 1 is 0.909 bits per heavy atom. The first-order chi connectivity index (χ1) is 5.18. The molecule has 0 heterocycles. The second-order valence-electron chi connectivity index (χ2n) is 0.808. The third kappa shape index (κ3) is 3.57. The summed E-state index contributed by atoms with van der Waals surface area (Å²) in [5, 5.41) is 0. The van der Waals surface area contributed by atoms with Crippen molar-refractivity contribution >= 4 is 9.42 Å². The monoisotopic (exact) mass is 356 g/mol. The van der Waals surface area contributed by atoms with Crippen LogP contribution in [0.4, 0.5) is 0 Å². The molecule has 0 atom stereocenters. The molecule has 0 N–H and O–H groups in total. The second-order valence-corrected chi connectivity index (χ2v) is 7.31. The summed E-state index contributed by atoms with van der Waals surface area (Å²) in [7, 11) is 5.36. The number of azide groups is 1. The maximum atomic E-state index is 7.91. The number of hydrogen-bond acceptors (Lipinski definition) is 3. The summed E-state index contributed by atoms with van der Waals surface area (Å²) in [6, 6.07) is 0. The number of rotatable bonds is 3. The summed E-state index contributed by atoms with van der Waals surface area (Å²) < 4.78 is 8.76. The van der Waals surface area contributed by atoms with E-state index < -0.39 is 15.8 Å². The summed E-state index contributed by atoms with van der Waals surface area (Å²) in [5.74, 6) is 0. The van der Waals surface area contributed by atoms with Crippen LogP contribution >= 0.6 is 9.42 Å². The molecule has 11 heavy (non-hydrogen) atoms. The van der Waals surface area contributed by atoms with E-state index in [-0.39, 0.29) is 0 Å². The Labute approximate surface area is 67.8 Å². The van der Waals surface area contributed by atoms with Crippen LogP contribution in [0.2, 0.25) is 0 Å². The van der Waals surface area contributed by atoms with Gasteiger partial charge in [-0.05, 0) is 0 Å². The zero-order valence-electron chi connectivity index (χ0n) is 4.72. The summed E-state index contributed by atoms with van der Waals surface area (Å²) in [5.41, 5.74) is 23.7. The molecule has 0 radical (unpaired) electrons. The zero-order valence-corrected chi connectivity index (χ0v) is 7.75. The van der Waals surface area contributed by atoms with Gasteiger partial charge in [-0.25, -0.2) is 0 Å². The van der Waals surface area contributed by atoms with E-state index in [1.54, 1.807) is 0 Å². The van der Waals surface area contributed by atoms with Gasteiger partial charge in [0.25, 0.3) is 0 Å². The van der Waals surface area contributed by atoms with Crippen LogP contribution in [-0.4, -0.2) is 0 Å². The quantitative estimate of drug-likeness (QED) is 0.415. The number of nitrogens with zero attached hydrogens (tertiary/aromatic N) is 9. The minimum absolute atomic E-state index is 2.29. The first-order valence-electron chi connectivity index (χ1n) is 1.74. The molecule has 0 aliphatic carbocycles. The van der Waals surface area contributed by atoms with E-state index in [1.165, 1.54) is 0 Å². The Morgan fingerprint density at radius 3 is 1.36 bits per heavy atom. The molecule has 0 unspecified atom stereocenters. The molecule has 0 saturated heterocycles. The van der Waals surface area contributed by atoms with E-state index in [9.17, 15) is 0 Å². The SMILES string of the molecule is [N-]=[N+]=[N][Pt]([Cl])([N]=[N+]=[N-])[N]=[N+]=[N-]. The maximum absolute atomic E-state index is 7.91. The molecule has 0 aliphatic rings.